The maximum atomic E-state index is 9.44. The van der Waals surface area contributed by atoms with Gasteiger partial charge in [-0.25, -0.2) is 0 Å². The third-order valence-electron chi connectivity index (χ3n) is 3.60. The fraction of sp³-hybridized carbons (Fsp3) is 0.769. The third-order valence-corrected chi connectivity index (χ3v) is 4.04. The van der Waals surface area contributed by atoms with Crippen LogP contribution in [0.3, 0.4) is 0 Å². The molecule has 0 aliphatic heterocycles. The van der Waals surface area contributed by atoms with E-state index in [4.69, 9.17) is 16.3 Å². The van der Waals surface area contributed by atoms with E-state index in [0.29, 0.717) is 6.61 Å². The van der Waals surface area contributed by atoms with E-state index in [1.165, 1.54) is 0 Å². The molecule has 0 unspecified atom stereocenters. The van der Waals surface area contributed by atoms with Crippen molar-refractivity contribution in [2.75, 3.05) is 0 Å². The Bertz CT molecular complexity index is 398. The van der Waals surface area contributed by atoms with E-state index in [1.807, 2.05) is 14.0 Å². The average Bonchev–Trinajstić information content (AvgIpc) is 2.64. The van der Waals surface area contributed by atoms with Crippen molar-refractivity contribution in [3.63, 3.8) is 0 Å². The van der Waals surface area contributed by atoms with Crippen LogP contribution in [0.2, 0.25) is 5.02 Å². The first kappa shape index (κ1) is 13.8. The van der Waals surface area contributed by atoms with Crippen LogP contribution >= 0.6 is 11.6 Å². The minimum Gasteiger partial charge on any atom is -0.393 e. The zero-order chi connectivity index (χ0) is 13.1. The molecule has 1 saturated carbocycles. The lowest BCUT2D eigenvalue weighted by Crippen LogP contribution is -2.24. The number of hydrogen-bond acceptors (Lipinski definition) is 3. The molecule has 0 bridgehead atoms. The highest BCUT2D eigenvalue weighted by molar-refractivity contribution is 6.31. The second-order valence-electron chi connectivity index (χ2n) is 4.93. The highest BCUT2D eigenvalue weighted by Gasteiger charge is 2.21. The summed E-state index contributed by atoms with van der Waals surface area (Å²) < 4.78 is 7.68. The number of rotatable bonds is 4. The molecule has 18 heavy (non-hydrogen) atoms. The van der Waals surface area contributed by atoms with Crippen LogP contribution in [0.4, 0.5) is 0 Å². The summed E-state index contributed by atoms with van der Waals surface area (Å²) in [5, 5.41) is 14.5. The summed E-state index contributed by atoms with van der Waals surface area (Å²) in [6.45, 7) is 2.55. The second kappa shape index (κ2) is 6.04. The Morgan fingerprint density at radius 3 is 2.61 bits per heavy atom. The Morgan fingerprint density at radius 1 is 1.39 bits per heavy atom. The van der Waals surface area contributed by atoms with E-state index in [2.05, 4.69) is 5.10 Å². The molecule has 1 aromatic heterocycles. The summed E-state index contributed by atoms with van der Waals surface area (Å²) in [4.78, 5) is 0. The smallest absolute Gasteiger partial charge is 0.0903 e. The number of halogens is 1. The molecule has 2 rings (SSSR count). The molecule has 1 fully saturated rings. The van der Waals surface area contributed by atoms with Crippen LogP contribution in [-0.2, 0) is 24.8 Å². The van der Waals surface area contributed by atoms with Crippen LogP contribution in [-0.4, -0.2) is 27.1 Å². The van der Waals surface area contributed by atoms with Gasteiger partial charge in [0.25, 0.3) is 0 Å². The fourth-order valence-corrected chi connectivity index (χ4v) is 2.73. The van der Waals surface area contributed by atoms with E-state index < -0.39 is 0 Å². The van der Waals surface area contributed by atoms with Crippen molar-refractivity contribution in [2.24, 2.45) is 7.05 Å². The van der Waals surface area contributed by atoms with Gasteiger partial charge in [0.2, 0.25) is 0 Å². The van der Waals surface area contributed by atoms with Crippen molar-refractivity contribution < 1.29 is 9.84 Å². The van der Waals surface area contributed by atoms with E-state index in [9.17, 15) is 5.11 Å². The van der Waals surface area contributed by atoms with E-state index in [-0.39, 0.29) is 12.2 Å². The monoisotopic (exact) mass is 272 g/mol. The van der Waals surface area contributed by atoms with Crippen molar-refractivity contribution in [1.82, 2.24) is 9.78 Å². The molecule has 0 aromatic carbocycles. The zero-order valence-electron chi connectivity index (χ0n) is 11.0. The number of aromatic nitrogens is 2. The van der Waals surface area contributed by atoms with Crippen molar-refractivity contribution in [3.8, 4) is 0 Å². The van der Waals surface area contributed by atoms with Crippen LogP contribution in [0, 0.1) is 0 Å². The maximum Gasteiger partial charge on any atom is 0.0903 e. The first-order valence-electron chi connectivity index (χ1n) is 6.61. The summed E-state index contributed by atoms with van der Waals surface area (Å²) in [5.74, 6) is 0. The normalized spacial score (nSPS) is 24.4. The minimum atomic E-state index is -0.142. The number of aliphatic hydroxyl groups is 1. The highest BCUT2D eigenvalue weighted by Crippen LogP contribution is 2.25. The van der Waals surface area contributed by atoms with Gasteiger partial charge in [-0.1, -0.05) is 18.5 Å². The summed E-state index contributed by atoms with van der Waals surface area (Å²) in [5.41, 5.74) is 1.87. The van der Waals surface area contributed by atoms with Crippen molar-refractivity contribution in [1.29, 1.82) is 0 Å². The Morgan fingerprint density at radius 2 is 2.06 bits per heavy atom. The van der Waals surface area contributed by atoms with Crippen LogP contribution in [0.5, 0.6) is 0 Å². The van der Waals surface area contributed by atoms with Crippen molar-refractivity contribution >= 4 is 11.6 Å². The van der Waals surface area contributed by atoms with Gasteiger partial charge in [-0.15, -0.1) is 0 Å². The second-order valence-corrected chi connectivity index (χ2v) is 5.30. The van der Waals surface area contributed by atoms with Gasteiger partial charge in [0.15, 0.2) is 0 Å². The van der Waals surface area contributed by atoms with E-state index in [0.717, 1.165) is 48.5 Å². The number of aryl methyl sites for hydroxylation is 2. The molecule has 1 N–H and O–H groups in total. The van der Waals surface area contributed by atoms with Gasteiger partial charge in [0.05, 0.1) is 35.2 Å². The molecule has 1 heterocycles. The van der Waals surface area contributed by atoms with Gasteiger partial charge >= 0.3 is 0 Å². The molecule has 102 valence electrons. The largest absolute Gasteiger partial charge is 0.393 e. The highest BCUT2D eigenvalue weighted by atomic mass is 35.5. The van der Waals surface area contributed by atoms with Crippen LogP contribution < -0.4 is 0 Å². The average molecular weight is 273 g/mol. The van der Waals surface area contributed by atoms with Gasteiger partial charge in [-0.3, -0.25) is 4.68 Å². The van der Waals surface area contributed by atoms with Crippen LogP contribution in [0.15, 0.2) is 0 Å². The lowest BCUT2D eigenvalue weighted by Gasteiger charge is -2.25. The van der Waals surface area contributed by atoms with Gasteiger partial charge in [-0.2, -0.15) is 5.10 Å². The molecule has 0 atom stereocenters. The molecule has 0 amide bonds. The Hall–Kier alpha value is -0.580. The summed E-state index contributed by atoms with van der Waals surface area (Å²) in [7, 11) is 1.90. The molecular weight excluding hydrogens is 252 g/mol. The Kier molecular flexibility index (Phi) is 4.65. The number of hydrogen-bond donors (Lipinski definition) is 1. The molecule has 0 spiro atoms. The van der Waals surface area contributed by atoms with Crippen molar-refractivity contribution in [3.05, 3.63) is 16.4 Å². The van der Waals surface area contributed by atoms with E-state index in [1.54, 1.807) is 4.68 Å². The number of aliphatic hydroxyl groups excluding tert-OH is 1. The summed E-state index contributed by atoms with van der Waals surface area (Å²) >= 11 is 6.27. The molecule has 5 heteroatoms. The zero-order valence-corrected chi connectivity index (χ0v) is 11.8. The first-order chi connectivity index (χ1) is 8.61. The lowest BCUT2D eigenvalue weighted by atomic mass is 9.95. The Labute approximate surface area is 113 Å². The molecule has 1 aliphatic rings. The topological polar surface area (TPSA) is 47.3 Å². The van der Waals surface area contributed by atoms with Gasteiger partial charge in [0, 0.05) is 7.05 Å². The molecule has 1 aromatic rings. The summed E-state index contributed by atoms with van der Waals surface area (Å²) in [6.07, 6.45) is 4.46. The van der Waals surface area contributed by atoms with Gasteiger partial charge < -0.3 is 9.84 Å². The van der Waals surface area contributed by atoms with Crippen LogP contribution in [0.25, 0.3) is 0 Å². The first-order valence-corrected chi connectivity index (χ1v) is 6.99. The minimum absolute atomic E-state index is 0.142. The third kappa shape index (κ3) is 3.05. The van der Waals surface area contributed by atoms with Gasteiger partial charge in [0.1, 0.15) is 0 Å². The molecule has 4 nitrogen and oxygen atoms in total. The predicted octanol–water partition coefficient (Wildman–Crippen LogP) is 2.46. The Balaban J connectivity index is 1.92. The number of ether oxygens (including phenoxy) is 1. The van der Waals surface area contributed by atoms with E-state index >= 15 is 0 Å². The number of nitrogens with zero attached hydrogens (tertiary/aromatic N) is 2. The summed E-state index contributed by atoms with van der Waals surface area (Å²) in [6, 6.07) is 0. The molecule has 0 radical (unpaired) electrons. The van der Waals surface area contributed by atoms with Gasteiger partial charge in [-0.05, 0) is 32.1 Å². The predicted molar refractivity (Wildman–Crippen MR) is 70.6 cm³/mol. The van der Waals surface area contributed by atoms with Crippen molar-refractivity contribution in [2.45, 2.75) is 57.8 Å². The van der Waals surface area contributed by atoms with Crippen LogP contribution in [0.1, 0.15) is 44.0 Å². The SMILES string of the molecule is CCc1nn(C)c(COC2CCC(O)CC2)c1Cl. The maximum absolute atomic E-state index is 9.44. The molecular formula is C13H21ClN2O2. The molecule has 0 saturated heterocycles. The lowest BCUT2D eigenvalue weighted by molar-refractivity contribution is -0.0139. The molecule has 1 aliphatic carbocycles. The fourth-order valence-electron chi connectivity index (χ4n) is 2.39. The standard InChI is InChI=1S/C13H21ClN2O2/c1-3-11-13(14)12(16(2)15-11)8-18-10-6-4-9(17)5-7-10/h9-10,17H,3-8H2,1-2H3. The quantitative estimate of drug-likeness (QED) is 0.916.